The summed E-state index contributed by atoms with van der Waals surface area (Å²) in [4.78, 5) is 2.44. The Labute approximate surface area is 284 Å². The number of benzene rings is 7. The molecule has 0 aliphatic heterocycles. The number of furan rings is 1. The van der Waals surface area contributed by atoms with Gasteiger partial charge in [0.2, 0.25) is 0 Å². The zero-order chi connectivity index (χ0) is 32.3. The molecule has 49 heavy (non-hydrogen) atoms. The summed E-state index contributed by atoms with van der Waals surface area (Å²) in [5.41, 5.74) is 11.3. The first-order valence-electron chi connectivity index (χ1n) is 16.9. The molecular weight excluding hydrogens is 595 g/mol. The summed E-state index contributed by atoms with van der Waals surface area (Å²) in [6.45, 7) is 0. The lowest BCUT2D eigenvalue weighted by Crippen LogP contribution is -2.11. The predicted octanol–water partition coefficient (Wildman–Crippen LogP) is 13.1. The van der Waals surface area contributed by atoms with E-state index in [0.29, 0.717) is 5.92 Å². The Morgan fingerprint density at radius 1 is 0.551 bits per heavy atom. The summed E-state index contributed by atoms with van der Waals surface area (Å²) in [7, 11) is 0. The second-order valence-electron chi connectivity index (χ2n) is 12.9. The van der Waals surface area contributed by atoms with Gasteiger partial charge in [0, 0.05) is 38.5 Å². The van der Waals surface area contributed by atoms with Gasteiger partial charge in [0.25, 0.3) is 0 Å². The van der Waals surface area contributed by atoms with Gasteiger partial charge in [-0.15, -0.1) is 0 Å². The highest BCUT2D eigenvalue weighted by Crippen LogP contribution is 2.48. The van der Waals surface area contributed by atoms with Crippen LogP contribution in [0.15, 0.2) is 192 Å². The fraction of sp³-hybridized carbons (Fsp3) is 0.0213. The maximum Gasteiger partial charge on any atom is 0.143 e. The number of hydrogen-bond donors (Lipinski definition) is 0. The van der Waals surface area contributed by atoms with Crippen LogP contribution in [-0.4, -0.2) is 0 Å². The lowest BCUT2D eigenvalue weighted by molar-refractivity contribution is 0.672. The molecule has 2 aliphatic rings. The quantitative estimate of drug-likeness (QED) is 0.189. The van der Waals surface area contributed by atoms with Gasteiger partial charge in [0.1, 0.15) is 11.2 Å². The van der Waals surface area contributed by atoms with Crippen LogP contribution in [0.4, 0.5) is 17.1 Å². The second-order valence-corrected chi connectivity index (χ2v) is 12.9. The topological polar surface area (TPSA) is 16.4 Å². The first kappa shape index (κ1) is 27.7. The van der Waals surface area contributed by atoms with Gasteiger partial charge < -0.3 is 9.32 Å². The Morgan fingerprint density at radius 2 is 1.31 bits per heavy atom. The number of fused-ring (bicyclic) bond motifs is 7. The van der Waals surface area contributed by atoms with E-state index in [-0.39, 0.29) is 0 Å². The fourth-order valence-corrected chi connectivity index (χ4v) is 7.78. The monoisotopic (exact) mass is 625 g/mol. The van der Waals surface area contributed by atoms with E-state index < -0.39 is 0 Å². The molecule has 0 N–H and O–H groups in total. The van der Waals surface area contributed by atoms with Crippen molar-refractivity contribution in [2.75, 3.05) is 4.90 Å². The Morgan fingerprint density at radius 3 is 2.20 bits per heavy atom. The van der Waals surface area contributed by atoms with E-state index >= 15 is 0 Å². The van der Waals surface area contributed by atoms with E-state index in [0.717, 1.165) is 49.8 Å². The maximum absolute atomic E-state index is 6.78. The lowest BCUT2D eigenvalue weighted by Gasteiger charge is -2.28. The summed E-state index contributed by atoms with van der Waals surface area (Å²) >= 11 is 0. The summed E-state index contributed by atoms with van der Waals surface area (Å²) in [6.07, 6.45) is 13.5. The molecule has 0 fully saturated rings. The molecule has 0 saturated carbocycles. The van der Waals surface area contributed by atoms with Gasteiger partial charge in [0.05, 0.1) is 11.4 Å². The van der Waals surface area contributed by atoms with Crippen LogP contribution in [0.1, 0.15) is 5.56 Å². The van der Waals surface area contributed by atoms with Gasteiger partial charge in [-0.25, -0.2) is 0 Å². The molecule has 230 valence electrons. The van der Waals surface area contributed by atoms with Gasteiger partial charge in [0.15, 0.2) is 0 Å². The van der Waals surface area contributed by atoms with Crippen LogP contribution in [0, 0.1) is 5.92 Å². The van der Waals surface area contributed by atoms with Crippen LogP contribution in [-0.2, 0) is 0 Å². The smallest absolute Gasteiger partial charge is 0.143 e. The van der Waals surface area contributed by atoms with Crippen LogP contribution < -0.4 is 4.90 Å². The Kier molecular flexibility index (Phi) is 6.28. The second kappa shape index (κ2) is 11.1. The first-order chi connectivity index (χ1) is 24.3. The zero-order valence-electron chi connectivity index (χ0n) is 26.8. The number of nitrogens with zero attached hydrogens (tertiary/aromatic N) is 1. The largest absolute Gasteiger partial charge is 0.455 e. The third-order valence-electron chi connectivity index (χ3n) is 10.0. The van der Waals surface area contributed by atoms with Crippen molar-refractivity contribution >= 4 is 66.1 Å². The highest BCUT2D eigenvalue weighted by atomic mass is 16.3. The third-order valence-corrected chi connectivity index (χ3v) is 10.0. The van der Waals surface area contributed by atoms with Gasteiger partial charge >= 0.3 is 0 Å². The summed E-state index contributed by atoms with van der Waals surface area (Å²) in [5.74, 6) is 0.309. The molecule has 2 heteroatoms. The van der Waals surface area contributed by atoms with Gasteiger partial charge in [-0.1, -0.05) is 152 Å². The van der Waals surface area contributed by atoms with Crippen LogP contribution in [0.5, 0.6) is 0 Å². The number of anilines is 3. The molecule has 8 aromatic rings. The minimum Gasteiger partial charge on any atom is -0.455 e. The minimum absolute atomic E-state index is 0.309. The van der Waals surface area contributed by atoms with Crippen molar-refractivity contribution in [3.63, 3.8) is 0 Å². The Bertz CT molecular complexity index is 2720. The van der Waals surface area contributed by atoms with E-state index in [9.17, 15) is 0 Å². The van der Waals surface area contributed by atoms with Gasteiger partial charge in [-0.2, -0.15) is 0 Å². The third kappa shape index (κ3) is 4.49. The van der Waals surface area contributed by atoms with Gasteiger partial charge in [-0.3, -0.25) is 0 Å². The number of rotatable bonds is 5. The molecular formula is C47H31NO. The molecule has 1 unspecified atom stereocenters. The van der Waals surface area contributed by atoms with Crippen molar-refractivity contribution in [1.82, 2.24) is 0 Å². The zero-order valence-corrected chi connectivity index (χ0v) is 26.8. The molecule has 1 atom stereocenters. The molecule has 1 aromatic heterocycles. The standard InChI is InChI=1S/C47H31NO/c1-2-13-31(14-3-1)35-19-10-20-37(29-35)48(43-25-11-18-32-15-6-7-21-38(32)43)44-30-42-46-39(36-27-33-16-4-5-17-34(33)28-36)24-12-26-45(46)49-47(42)41-23-9-8-22-40(41)44/h1-30,33H. The average molecular weight is 626 g/mol. The van der Waals surface area contributed by atoms with Crippen molar-refractivity contribution in [1.29, 1.82) is 0 Å². The van der Waals surface area contributed by atoms with Crippen LogP contribution >= 0.6 is 0 Å². The van der Waals surface area contributed by atoms with E-state index in [2.05, 4.69) is 187 Å². The Hall–Kier alpha value is -6.38. The molecule has 0 bridgehead atoms. The number of allylic oxidation sites excluding steroid dienone is 8. The lowest BCUT2D eigenvalue weighted by atomic mass is 9.96. The molecule has 10 rings (SSSR count). The molecule has 1 heterocycles. The fourth-order valence-electron chi connectivity index (χ4n) is 7.78. The first-order valence-corrected chi connectivity index (χ1v) is 16.9. The van der Waals surface area contributed by atoms with Crippen LogP contribution in [0.3, 0.4) is 0 Å². The summed E-state index contributed by atoms with van der Waals surface area (Å²) in [5, 5.41) is 6.90. The van der Waals surface area contributed by atoms with Crippen molar-refractivity contribution < 1.29 is 4.42 Å². The molecule has 0 saturated heterocycles. The normalized spacial score (nSPS) is 15.2. The number of hydrogen-bond acceptors (Lipinski definition) is 2. The van der Waals surface area contributed by atoms with Gasteiger partial charge in [-0.05, 0) is 63.6 Å². The summed E-state index contributed by atoms with van der Waals surface area (Å²) in [6, 6.07) is 52.3. The molecule has 0 spiro atoms. The van der Waals surface area contributed by atoms with Crippen LogP contribution in [0.25, 0.3) is 60.2 Å². The van der Waals surface area contributed by atoms with Crippen LogP contribution in [0.2, 0.25) is 0 Å². The van der Waals surface area contributed by atoms with Crippen molar-refractivity contribution in [2.45, 2.75) is 0 Å². The molecule has 2 nitrogen and oxygen atoms in total. The molecule has 7 aromatic carbocycles. The molecule has 2 aliphatic carbocycles. The predicted molar refractivity (Wildman–Crippen MR) is 207 cm³/mol. The van der Waals surface area contributed by atoms with Crippen molar-refractivity contribution in [2.24, 2.45) is 5.92 Å². The van der Waals surface area contributed by atoms with Crippen molar-refractivity contribution in [3.8, 4) is 11.1 Å². The van der Waals surface area contributed by atoms with E-state index in [1.54, 1.807) is 0 Å². The Balaban J connectivity index is 1.29. The molecule has 0 amide bonds. The summed E-state index contributed by atoms with van der Waals surface area (Å²) < 4.78 is 6.78. The van der Waals surface area contributed by atoms with E-state index in [1.807, 2.05) is 0 Å². The highest BCUT2D eigenvalue weighted by molar-refractivity contribution is 6.22. The SMILES string of the molecule is C1=CC2=CC(c3cccc4oc5c6ccccc6c(N(c6cccc(-c7ccccc7)c6)c6cccc7ccccc67)cc5c34)=CC2C=C1. The minimum atomic E-state index is 0.309. The maximum atomic E-state index is 6.78. The highest BCUT2D eigenvalue weighted by Gasteiger charge is 2.24. The average Bonchev–Trinajstić information content (AvgIpc) is 3.78. The van der Waals surface area contributed by atoms with Crippen molar-refractivity contribution in [3.05, 3.63) is 193 Å². The van der Waals surface area contributed by atoms with E-state index in [1.165, 1.54) is 38.6 Å². The molecule has 0 radical (unpaired) electrons. The van der Waals surface area contributed by atoms with E-state index in [4.69, 9.17) is 4.42 Å².